The van der Waals surface area contributed by atoms with Crippen molar-refractivity contribution in [1.29, 1.82) is 0 Å². The maximum absolute atomic E-state index is 11.9. The third kappa shape index (κ3) is 3.54. The fourth-order valence-electron chi connectivity index (χ4n) is 3.61. The van der Waals surface area contributed by atoms with Gasteiger partial charge in [-0.05, 0) is 55.5 Å². The summed E-state index contributed by atoms with van der Waals surface area (Å²) in [6, 6.07) is 12.9. The smallest absolute Gasteiger partial charge is 0.337 e. The van der Waals surface area contributed by atoms with Crippen LogP contribution in [0, 0.1) is 0 Å². The second-order valence-corrected chi connectivity index (χ2v) is 8.40. The molecule has 1 aliphatic heterocycles. The largest absolute Gasteiger partial charge is 0.480 e. The lowest BCUT2D eigenvalue weighted by atomic mass is 9.76. The maximum atomic E-state index is 11.9. The number of benzene rings is 2. The van der Waals surface area contributed by atoms with Gasteiger partial charge < -0.3 is 20.4 Å². The quantitative estimate of drug-likeness (QED) is 0.706. The van der Waals surface area contributed by atoms with Crippen molar-refractivity contribution in [3.05, 3.63) is 53.6 Å². The van der Waals surface area contributed by atoms with Gasteiger partial charge >= 0.3 is 11.9 Å². The first-order valence-electron chi connectivity index (χ1n) is 9.29. The fraction of sp³-hybridized carbons (Fsp3) is 0.364. The molecule has 0 radical (unpaired) electrons. The van der Waals surface area contributed by atoms with Crippen molar-refractivity contribution in [3.8, 4) is 0 Å². The summed E-state index contributed by atoms with van der Waals surface area (Å²) in [5.74, 6) is -1.91. The Morgan fingerprint density at radius 3 is 2.43 bits per heavy atom. The van der Waals surface area contributed by atoms with Crippen LogP contribution in [0.3, 0.4) is 0 Å². The average Bonchev–Trinajstić information content (AvgIpc) is 2.61. The number of anilines is 3. The zero-order valence-corrected chi connectivity index (χ0v) is 16.6. The summed E-state index contributed by atoms with van der Waals surface area (Å²) < 4.78 is 0. The number of rotatable bonds is 5. The number of aromatic carboxylic acids is 1. The van der Waals surface area contributed by atoms with Crippen LogP contribution in [-0.4, -0.2) is 34.2 Å². The Kier molecular flexibility index (Phi) is 4.83. The van der Waals surface area contributed by atoms with Gasteiger partial charge in [-0.15, -0.1) is 0 Å². The maximum Gasteiger partial charge on any atom is 0.337 e. The topological polar surface area (TPSA) is 89.9 Å². The number of carboxylic acids is 2. The lowest BCUT2D eigenvalue weighted by molar-refractivity contribution is -0.141. The van der Waals surface area contributed by atoms with Gasteiger partial charge in [0.1, 0.15) is 5.54 Å². The van der Waals surface area contributed by atoms with Crippen LogP contribution in [0.5, 0.6) is 0 Å². The van der Waals surface area contributed by atoms with E-state index in [0.717, 1.165) is 17.7 Å². The summed E-state index contributed by atoms with van der Waals surface area (Å²) in [6.45, 7) is 8.13. The van der Waals surface area contributed by atoms with Gasteiger partial charge in [0.25, 0.3) is 0 Å². The van der Waals surface area contributed by atoms with Crippen molar-refractivity contribution >= 4 is 29.0 Å². The molecule has 0 bridgehead atoms. The third-order valence-corrected chi connectivity index (χ3v) is 5.38. The molecule has 0 spiro atoms. The predicted octanol–water partition coefficient (Wildman–Crippen LogP) is 4.48. The SMILES string of the molecule is CC(C)(Nc1cccc(N2CCC(C)(C)c3cccc(C(=O)O)c32)c1)C(=O)O. The number of carbonyl (C=O) groups is 2. The highest BCUT2D eigenvalue weighted by molar-refractivity contribution is 5.97. The van der Waals surface area contributed by atoms with Crippen LogP contribution >= 0.6 is 0 Å². The zero-order chi connectivity index (χ0) is 20.7. The number of aliphatic carboxylic acids is 1. The van der Waals surface area contributed by atoms with Crippen LogP contribution in [0.1, 0.15) is 50.0 Å². The van der Waals surface area contributed by atoms with Crippen molar-refractivity contribution in [1.82, 2.24) is 0 Å². The van der Waals surface area contributed by atoms with Crippen LogP contribution in [-0.2, 0) is 10.2 Å². The van der Waals surface area contributed by atoms with Crippen LogP contribution in [0.2, 0.25) is 0 Å². The lowest BCUT2D eigenvalue weighted by Gasteiger charge is -2.41. The summed E-state index contributed by atoms with van der Waals surface area (Å²) in [5, 5.41) is 22.1. The van der Waals surface area contributed by atoms with E-state index in [-0.39, 0.29) is 11.0 Å². The Hall–Kier alpha value is -3.02. The van der Waals surface area contributed by atoms with Gasteiger partial charge in [0.2, 0.25) is 0 Å². The number of para-hydroxylation sites is 1. The average molecular weight is 382 g/mol. The van der Waals surface area contributed by atoms with E-state index in [1.54, 1.807) is 26.0 Å². The zero-order valence-electron chi connectivity index (χ0n) is 16.6. The molecule has 3 N–H and O–H groups in total. The molecule has 148 valence electrons. The van der Waals surface area contributed by atoms with E-state index >= 15 is 0 Å². The molecule has 0 aliphatic carbocycles. The molecule has 6 heteroatoms. The summed E-state index contributed by atoms with van der Waals surface area (Å²) in [6.07, 6.45) is 0.876. The predicted molar refractivity (Wildman–Crippen MR) is 110 cm³/mol. The Bertz CT molecular complexity index is 934. The Morgan fingerprint density at radius 1 is 1.11 bits per heavy atom. The van der Waals surface area contributed by atoms with Crippen molar-refractivity contribution in [2.75, 3.05) is 16.8 Å². The van der Waals surface area contributed by atoms with Crippen molar-refractivity contribution in [2.24, 2.45) is 0 Å². The molecule has 28 heavy (non-hydrogen) atoms. The molecular formula is C22H26N2O4. The van der Waals surface area contributed by atoms with Crippen LogP contribution in [0.15, 0.2) is 42.5 Å². The summed E-state index contributed by atoms with van der Waals surface area (Å²) in [7, 11) is 0. The van der Waals surface area contributed by atoms with E-state index in [2.05, 4.69) is 19.2 Å². The molecule has 0 saturated carbocycles. The Balaban J connectivity index is 2.08. The molecule has 0 amide bonds. The molecule has 0 atom stereocenters. The standard InChI is InChI=1S/C22H26N2O4/c1-21(2)11-12-24(18-16(19(25)26)9-6-10-17(18)21)15-8-5-7-14(13-15)23-22(3,4)20(27)28/h5-10,13,23H,11-12H2,1-4H3,(H,25,26)(H,27,28). The second kappa shape index (κ2) is 6.86. The molecule has 6 nitrogen and oxygen atoms in total. The van der Waals surface area contributed by atoms with E-state index in [4.69, 9.17) is 0 Å². The molecule has 0 unspecified atom stereocenters. The first-order chi connectivity index (χ1) is 13.0. The molecule has 2 aromatic carbocycles. The van der Waals surface area contributed by atoms with Crippen molar-refractivity contribution in [3.63, 3.8) is 0 Å². The molecule has 1 heterocycles. The second-order valence-electron chi connectivity index (χ2n) is 8.40. The van der Waals surface area contributed by atoms with Gasteiger partial charge in [-0.1, -0.05) is 32.0 Å². The molecule has 1 aliphatic rings. The number of hydrogen-bond donors (Lipinski definition) is 3. The minimum absolute atomic E-state index is 0.127. The van der Waals surface area contributed by atoms with Gasteiger partial charge in [-0.3, -0.25) is 0 Å². The van der Waals surface area contributed by atoms with E-state index in [0.29, 0.717) is 17.9 Å². The fourth-order valence-corrected chi connectivity index (χ4v) is 3.61. The highest BCUT2D eigenvalue weighted by atomic mass is 16.4. The van der Waals surface area contributed by atoms with E-state index in [9.17, 15) is 19.8 Å². The number of hydrogen-bond acceptors (Lipinski definition) is 4. The first kappa shape index (κ1) is 19.7. The van der Waals surface area contributed by atoms with Crippen molar-refractivity contribution < 1.29 is 19.8 Å². The summed E-state index contributed by atoms with van der Waals surface area (Å²) >= 11 is 0. The molecule has 0 saturated heterocycles. The van der Waals surface area contributed by atoms with E-state index in [1.807, 2.05) is 35.2 Å². The normalized spacial score (nSPS) is 15.6. The number of carboxylic acid groups (broad SMARTS) is 2. The molecule has 3 rings (SSSR count). The minimum Gasteiger partial charge on any atom is -0.480 e. The van der Waals surface area contributed by atoms with Crippen molar-refractivity contribution in [2.45, 2.75) is 45.1 Å². The van der Waals surface area contributed by atoms with Gasteiger partial charge in [0.15, 0.2) is 0 Å². The van der Waals surface area contributed by atoms with Crippen LogP contribution in [0.25, 0.3) is 0 Å². The Morgan fingerprint density at radius 2 is 1.79 bits per heavy atom. The van der Waals surface area contributed by atoms with Crippen LogP contribution in [0.4, 0.5) is 17.1 Å². The third-order valence-electron chi connectivity index (χ3n) is 5.38. The van der Waals surface area contributed by atoms with Crippen LogP contribution < -0.4 is 10.2 Å². The van der Waals surface area contributed by atoms with Gasteiger partial charge in [-0.2, -0.15) is 0 Å². The molecule has 2 aromatic rings. The number of nitrogens with zero attached hydrogens (tertiary/aromatic N) is 1. The highest BCUT2D eigenvalue weighted by Crippen LogP contribution is 2.45. The summed E-state index contributed by atoms with van der Waals surface area (Å²) in [4.78, 5) is 25.3. The molecule has 0 aromatic heterocycles. The Labute approximate surface area is 164 Å². The number of fused-ring (bicyclic) bond motifs is 1. The monoisotopic (exact) mass is 382 g/mol. The minimum atomic E-state index is -1.12. The molecule has 0 fully saturated rings. The van der Waals surface area contributed by atoms with Gasteiger partial charge in [0, 0.05) is 17.9 Å². The number of nitrogens with one attached hydrogen (secondary N) is 1. The first-order valence-corrected chi connectivity index (χ1v) is 9.29. The van der Waals surface area contributed by atoms with E-state index < -0.39 is 17.5 Å². The highest BCUT2D eigenvalue weighted by Gasteiger charge is 2.35. The van der Waals surface area contributed by atoms with E-state index in [1.165, 1.54) is 0 Å². The summed E-state index contributed by atoms with van der Waals surface area (Å²) in [5.41, 5.74) is 2.24. The lowest BCUT2D eigenvalue weighted by Crippen LogP contribution is -2.40. The molecular weight excluding hydrogens is 356 g/mol. The van der Waals surface area contributed by atoms with Gasteiger partial charge in [-0.25, -0.2) is 9.59 Å². The van der Waals surface area contributed by atoms with Gasteiger partial charge in [0.05, 0.1) is 11.3 Å².